The lowest BCUT2D eigenvalue weighted by Gasteiger charge is -2.17. The largest absolute Gasteiger partial charge is 0.269 e. The Morgan fingerprint density at radius 1 is 0.758 bits per heavy atom. The number of nitro groups is 1. The van der Waals surface area contributed by atoms with E-state index in [9.17, 15) is 10.1 Å². The molecule has 0 fully saturated rings. The molecule has 0 aliphatic heterocycles. The number of nitro benzene ring substituents is 1. The average Bonchev–Trinajstić information content (AvgIpc) is 3.29. The van der Waals surface area contributed by atoms with Gasteiger partial charge in [-0.2, -0.15) is 0 Å². The van der Waals surface area contributed by atoms with Crippen molar-refractivity contribution in [3.8, 4) is 0 Å². The highest BCUT2D eigenvalue weighted by Crippen LogP contribution is 2.30. The number of benzene rings is 3. The van der Waals surface area contributed by atoms with Crippen LogP contribution in [0.25, 0.3) is 0 Å². The first-order chi connectivity index (χ1) is 15.7. The van der Waals surface area contributed by atoms with Gasteiger partial charge < -0.3 is 0 Å². The van der Waals surface area contributed by atoms with E-state index in [2.05, 4.69) is 66.0 Å². The van der Waals surface area contributed by atoms with Crippen molar-refractivity contribution in [3.63, 3.8) is 0 Å². The molecule has 2 aliphatic carbocycles. The molecule has 0 N–H and O–H groups in total. The lowest BCUT2D eigenvalue weighted by atomic mass is 10.1. The minimum Gasteiger partial charge on any atom is -0.258 e. The molecule has 5 rings (SSSR count). The SMILES string of the molecule is O=[N+]([O-])c1ccc(C[S+](c2ccccc2)c2cccs2)cc1.[O-][Cl+3]([O-])([O-])[O-].c1cc2ccc1=2. The standard InChI is InChI=1S/C17H14NO2S2.C6H4.ClHO4/c19-18(20)15-10-8-14(9-11-15)13-22(17-7-4-12-21-17)16-5-2-1-3-6-16;1-2-6-4-3-5(1)6;2-1(3,4)5/h1-12H,13H2;1-4H;(H,2,3,4,5)/q+1;;/p-1. The normalized spacial score (nSPS) is 11.9. The molecular formula is C23H18ClNO6S2. The molecule has 1 atom stereocenters. The average molecular weight is 504 g/mol. The fraction of sp³-hybridized carbons (Fsp3) is 0.0435. The van der Waals surface area contributed by atoms with E-state index in [0.29, 0.717) is 0 Å². The molecule has 0 bridgehead atoms. The molecule has 2 aliphatic rings. The number of rotatable bonds is 5. The lowest BCUT2D eigenvalue weighted by Crippen LogP contribution is -2.68. The highest BCUT2D eigenvalue weighted by Gasteiger charge is 2.26. The monoisotopic (exact) mass is 503 g/mol. The lowest BCUT2D eigenvalue weighted by molar-refractivity contribution is -2.00. The summed E-state index contributed by atoms with van der Waals surface area (Å²) in [5.74, 6) is 0.864. The van der Waals surface area contributed by atoms with Gasteiger partial charge >= 0.3 is 0 Å². The molecule has 33 heavy (non-hydrogen) atoms. The van der Waals surface area contributed by atoms with Crippen molar-refractivity contribution in [2.75, 3.05) is 0 Å². The summed E-state index contributed by atoms with van der Waals surface area (Å²) in [6, 6.07) is 30.0. The maximum absolute atomic E-state index is 10.8. The van der Waals surface area contributed by atoms with Crippen LogP contribution in [0.3, 0.4) is 0 Å². The van der Waals surface area contributed by atoms with Crippen molar-refractivity contribution in [2.45, 2.75) is 14.9 Å². The molecule has 0 saturated heterocycles. The third-order valence-electron chi connectivity index (χ3n) is 4.44. The molecule has 1 heterocycles. The van der Waals surface area contributed by atoms with Gasteiger partial charge in [-0.05, 0) is 46.1 Å². The summed E-state index contributed by atoms with van der Waals surface area (Å²) >= 11 is 1.76. The Kier molecular flexibility index (Phi) is 8.59. The van der Waals surface area contributed by atoms with E-state index in [-0.39, 0.29) is 21.5 Å². The van der Waals surface area contributed by atoms with Crippen LogP contribution in [0.5, 0.6) is 0 Å². The van der Waals surface area contributed by atoms with Crippen molar-refractivity contribution in [3.05, 3.63) is 122 Å². The minimum absolute atomic E-state index is 0.0398. The van der Waals surface area contributed by atoms with Crippen LogP contribution in [0.4, 0.5) is 5.69 Å². The van der Waals surface area contributed by atoms with Crippen molar-refractivity contribution in [1.29, 1.82) is 0 Å². The van der Waals surface area contributed by atoms with Crippen LogP contribution < -0.4 is 18.6 Å². The van der Waals surface area contributed by atoms with E-state index >= 15 is 0 Å². The fourth-order valence-electron chi connectivity index (χ4n) is 2.80. The van der Waals surface area contributed by atoms with E-state index in [4.69, 9.17) is 18.6 Å². The van der Waals surface area contributed by atoms with Crippen LogP contribution in [0.2, 0.25) is 0 Å². The number of hydrogen-bond acceptors (Lipinski definition) is 7. The summed E-state index contributed by atoms with van der Waals surface area (Å²) in [7, 11) is -4.98. The van der Waals surface area contributed by atoms with E-state index in [1.54, 1.807) is 23.5 Å². The van der Waals surface area contributed by atoms with E-state index in [0.717, 1.165) is 11.3 Å². The number of thiophene rings is 1. The Bertz CT molecular complexity index is 1210. The van der Waals surface area contributed by atoms with Gasteiger partial charge in [-0.3, -0.25) is 10.1 Å². The topological polar surface area (TPSA) is 135 Å². The molecule has 7 nitrogen and oxygen atoms in total. The first-order valence-electron chi connectivity index (χ1n) is 9.46. The molecule has 1 unspecified atom stereocenters. The molecule has 2 aromatic carbocycles. The third-order valence-corrected chi connectivity index (χ3v) is 8.08. The van der Waals surface area contributed by atoms with Gasteiger partial charge in [0.1, 0.15) is 5.75 Å². The van der Waals surface area contributed by atoms with Gasteiger partial charge in [0.05, 0.1) is 15.8 Å². The Hall–Kier alpha value is -2.76. The zero-order chi connectivity index (χ0) is 23.8. The Morgan fingerprint density at radius 2 is 1.30 bits per heavy atom. The predicted molar refractivity (Wildman–Crippen MR) is 116 cm³/mol. The molecule has 0 radical (unpaired) electrons. The fourth-order valence-corrected chi connectivity index (χ4v) is 6.14. The van der Waals surface area contributed by atoms with Gasteiger partial charge in [-0.15, -0.1) is 10.2 Å². The quantitative estimate of drug-likeness (QED) is 0.202. The van der Waals surface area contributed by atoms with Gasteiger partial charge in [-0.25, -0.2) is 18.6 Å². The van der Waals surface area contributed by atoms with Crippen molar-refractivity contribution in [2.24, 2.45) is 0 Å². The zero-order valence-corrected chi connectivity index (χ0v) is 19.4. The Labute approximate surface area is 198 Å². The molecule has 170 valence electrons. The predicted octanol–water partition coefficient (Wildman–Crippen LogP) is 1.42. The molecule has 10 heteroatoms. The summed E-state index contributed by atoms with van der Waals surface area (Å²) in [5.41, 5.74) is 1.26. The maximum Gasteiger partial charge on any atom is 0.269 e. The van der Waals surface area contributed by atoms with Crippen molar-refractivity contribution < 1.29 is 33.8 Å². The number of non-ortho nitro benzene ring substituents is 1. The van der Waals surface area contributed by atoms with Crippen LogP contribution in [-0.4, -0.2) is 4.92 Å². The van der Waals surface area contributed by atoms with E-state index < -0.39 is 10.2 Å². The second-order valence-electron chi connectivity index (χ2n) is 6.66. The summed E-state index contributed by atoms with van der Waals surface area (Å²) in [4.78, 5) is 11.7. The van der Waals surface area contributed by atoms with Crippen molar-refractivity contribution in [1.82, 2.24) is 0 Å². The van der Waals surface area contributed by atoms with E-state index in [1.807, 2.05) is 18.2 Å². The van der Waals surface area contributed by atoms with Gasteiger partial charge in [0.25, 0.3) is 5.69 Å². The zero-order valence-electron chi connectivity index (χ0n) is 17.0. The number of nitrogens with zero attached hydrogens (tertiary/aromatic N) is 1. The van der Waals surface area contributed by atoms with Crippen LogP contribution in [0, 0.1) is 30.8 Å². The summed E-state index contributed by atoms with van der Waals surface area (Å²) in [6.07, 6.45) is 0. The smallest absolute Gasteiger partial charge is 0.258 e. The number of hydrogen-bond donors (Lipinski definition) is 0. The first kappa shape index (κ1) is 24.9. The molecule has 0 amide bonds. The second kappa shape index (κ2) is 11.4. The van der Waals surface area contributed by atoms with E-state index in [1.165, 1.54) is 19.5 Å². The number of halogens is 1. The second-order valence-corrected chi connectivity index (χ2v) is 10.6. The Morgan fingerprint density at radius 3 is 1.70 bits per heavy atom. The molecule has 1 aromatic heterocycles. The van der Waals surface area contributed by atoms with Crippen LogP contribution in [0.1, 0.15) is 5.56 Å². The van der Waals surface area contributed by atoms with Gasteiger partial charge in [0, 0.05) is 23.8 Å². The summed E-state index contributed by atoms with van der Waals surface area (Å²) < 4.78 is 35.3. The molecule has 0 spiro atoms. The highest BCUT2D eigenvalue weighted by molar-refractivity contribution is 7.98. The van der Waals surface area contributed by atoms with Crippen LogP contribution in [0.15, 0.2) is 105 Å². The third kappa shape index (κ3) is 7.95. The molecule has 0 saturated carbocycles. The molecular weight excluding hydrogens is 486 g/mol. The van der Waals surface area contributed by atoms with Crippen LogP contribution >= 0.6 is 11.3 Å². The van der Waals surface area contributed by atoms with Gasteiger partial charge in [0.2, 0.25) is 4.21 Å². The maximum atomic E-state index is 10.8. The minimum atomic E-state index is -4.94. The van der Waals surface area contributed by atoms with Gasteiger partial charge in [0.15, 0.2) is 4.90 Å². The summed E-state index contributed by atoms with van der Waals surface area (Å²) in [5, 5.41) is 15.7. The summed E-state index contributed by atoms with van der Waals surface area (Å²) in [6.45, 7) is 0. The highest BCUT2D eigenvalue weighted by atomic mass is 35.7. The Balaban J connectivity index is 0.000000226. The van der Waals surface area contributed by atoms with Gasteiger partial charge in [-0.1, -0.05) is 53.8 Å². The van der Waals surface area contributed by atoms with Crippen molar-refractivity contribution >= 4 is 27.9 Å². The molecule has 3 aromatic rings. The van der Waals surface area contributed by atoms with Crippen LogP contribution in [-0.2, 0) is 16.6 Å². The first-order valence-corrected chi connectivity index (χ1v) is 13.0.